The highest BCUT2D eigenvalue weighted by atomic mass is 16.5. The Hall–Kier alpha value is -2.73. The van der Waals surface area contributed by atoms with Gasteiger partial charge in [0.2, 0.25) is 0 Å². The molecule has 2 heterocycles. The van der Waals surface area contributed by atoms with E-state index < -0.39 is 0 Å². The van der Waals surface area contributed by atoms with Crippen molar-refractivity contribution in [1.82, 2.24) is 9.80 Å². The molecule has 5 rings (SSSR count). The molecule has 3 aliphatic rings. The number of nitrogens with zero attached hydrogens (tertiary/aromatic N) is 4. The molecule has 2 aliphatic heterocycles. The molecular weight excluding hydrogens is 400 g/mol. The van der Waals surface area contributed by atoms with Gasteiger partial charge in [-0.2, -0.15) is 10.2 Å². The van der Waals surface area contributed by atoms with Gasteiger partial charge in [-0.3, -0.25) is 4.79 Å². The smallest absolute Gasteiger partial charge is 0.253 e. The van der Waals surface area contributed by atoms with Crippen molar-refractivity contribution < 1.29 is 9.53 Å². The minimum absolute atomic E-state index is 0.0818. The van der Waals surface area contributed by atoms with E-state index in [2.05, 4.69) is 15.1 Å². The SMILES string of the molecule is O=C(c1cccc(N=Nc2cccc(OC3CC(N4CCCCC4)C3)c2)c1)N1CCCC1. The van der Waals surface area contributed by atoms with Crippen molar-refractivity contribution in [3.05, 3.63) is 54.1 Å². The van der Waals surface area contributed by atoms with E-state index in [0.29, 0.717) is 23.4 Å². The molecule has 0 aromatic heterocycles. The number of hydrogen-bond acceptors (Lipinski definition) is 5. The molecule has 2 aromatic rings. The maximum absolute atomic E-state index is 12.6. The second-order valence-electron chi connectivity index (χ2n) is 9.21. The van der Waals surface area contributed by atoms with E-state index in [1.54, 1.807) is 0 Å². The van der Waals surface area contributed by atoms with Gasteiger partial charge in [-0.05, 0) is 69.1 Å². The Labute approximate surface area is 190 Å². The highest BCUT2D eigenvalue weighted by Gasteiger charge is 2.35. The summed E-state index contributed by atoms with van der Waals surface area (Å²) in [4.78, 5) is 17.2. The molecule has 168 valence electrons. The molecule has 0 unspecified atom stereocenters. The lowest BCUT2D eigenvalue weighted by atomic mass is 9.86. The van der Waals surface area contributed by atoms with Crippen LogP contribution in [-0.2, 0) is 0 Å². The monoisotopic (exact) mass is 432 g/mol. The molecule has 2 saturated heterocycles. The fourth-order valence-electron chi connectivity index (χ4n) is 4.95. The summed E-state index contributed by atoms with van der Waals surface area (Å²) in [5.74, 6) is 0.930. The van der Waals surface area contributed by atoms with Gasteiger partial charge >= 0.3 is 0 Å². The van der Waals surface area contributed by atoms with Gasteiger partial charge in [-0.1, -0.05) is 18.6 Å². The summed E-state index contributed by atoms with van der Waals surface area (Å²) in [6.07, 6.45) is 8.75. The molecule has 1 aliphatic carbocycles. The number of carbonyl (C=O) groups is 1. The van der Waals surface area contributed by atoms with Crippen LogP contribution in [0.15, 0.2) is 58.8 Å². The van der Waals surface area contributed by atoms with Gasteiger partial charge in [-0.25, -0.2) is 0 Å². The van der Waals surface area contributed by atoms with Crippen LogP contribution in [0.1, 0.15) is 55.3 Å². The first kappa shape index (κ1) is 21.1. The normalized spacial score (nSPS) is 23.9. The Bertz CT molecular complexity index is 958. The van der Waals surface area contributed by atoms with Gasteiger partial charge in [-0.15, -0.1) is 0 Å². The third-order valence-corrected chi connectivity index (χ3v) is 6.86. The predicted molar refractivity (Wildman–Crippen MR) is 125 cm³/mol. The van der Waals surface area contributed by atoms with Crippen LogP contribution >= 0.6 is 0 Å². The van der Waals surface area contributed by atoms with Crippen LogP contribution in [0.5, 0.6) is 5.75 Å². The van der Waals surface area contributed by atoms with Crippen LogP contribution < -0.4 is 4.74 Å². The maximum Gasteiger partial charge on any atom is 0.253 e. The minimum Gasteiger partial charge on any atom is -0.490 e. The van der Waals surface area contributed by atoms with E-state index >= 15 is 0 Å². The van der Waals surface area contributed by atoms with Gasteiger partial charge in [0.05, 0.1) is 11.4 Å². The summed E-state index contributed by atoms with van der Waals surface area (Å²) in [6.45, 7) is 4.18. The molecule has 0 bridgehead atoms. The Morgan fingerprint density at radius 2 is 1.47 bits per heavy atom. The molecule has 3 fully saturated rings. The lowest BCUT2D eigenvalue weighted by molar-refractivity contribution is 0.00894. The third-order valence-electron chi connectivity index (χ3n) is 6.86. The van der Waals surface area contributed by atoms with Crippen LogP contribution in [-0.4, -0.2) is 54.0 Å². The highest BCUT2D eigenvalue weighted by molar-refractivity contribution is 5.95. The number of likely N-dealkylation sites (tertiary alicyclic amines) is 2. The Morgan fingerprint density at radius 1 is 0.812 bits per heavy atom. The molecule has 0 atom stereocenters. The molecule has 0 radical (unpaired) electrons. The number of piperidine rings is 1. The van der Waals surface area contributed by atoms with E-state index in [1.165, 1.54) is 32.4 Å². The summed E-state index contributed by atoms with van der Waals surface area (Å²) in [5, 5.41) is 8.75. The summed E-state index contributed by atoms with van der Waals surface area (Å²) in [7, 11) is 0. The number of carbonyl (C=O) groups excluding carboxylic acids is 1. The van der Waals surface area contributed by atoms with Crippen LogP contribution in [0.2, 0.25) is 0 Å². The average Bonchev–Trinajstić information content (AvgIpc) is 3.35. The fraction of sp³-hybridized carbons (Fsp3) is 0.500. The molecule has 32 heavy (non-hydrogen) atoms. The number of rotatable bonds is 6. The van der Waals surface area contributed by atoms with Crippen LogP contribution in [0, 0.1) is 0 Å². The van der Waals surface area contributed by atoms with Crippen molar-refractivity contribution in [1.29, 1.82) is 0 Å². The third kappa shape index (κ3) is 5.01. The number of ether oxygens (including phenoxy) is 1. The van der Waals surface area contributed by atoms with Crippen molar-refractivity contribution in [2.45, 2.75) is 57.1 Å². The van der Waals surface area contributed by atoms with E-state index in [-0.39, 0.29) is 5.91 Å². The van der Waals surface area contributed by atoms with Crippen LogP contribution in [0.25, 0.3) is 0 Å². The zero-order chi connectivity index (χ0) is 21.8. The maximum atomic E-state index is 12.6. The van der Waals surface area contributed by atoms with Gasteiger partial charge in [0.1, 0.15) is 11.9 Å². The number of benzene rings is 2. The first-order valence-corrected chi connectivity index (χ1v) is 12.1. The molecule has 0 spiro atoms. The quantitative estimate of drug-likeness (QED) is 0.548. The molecular formula is C26H32N4O2. The van der Waals surface area contributed by atoms with Crippen molar-refractivity contribution >= 4 is 17.3 Å². The number of azo groups is 1. The van der Waals surface area contributed by atoms with Crippen molar-refractivity contribution in [3.8, 4) is 5.75 Å². The van der Waals surface area contributed by atoms with Crippen molar-refractivity contribution in [2.24, 2.45) is 10.2 Å². The lowest BCUT2D eigenvalue weighted by Crippen LogP contribution is -2.50. The highest BCUT2D eigenvalue weighted by Crippen LogP contribution is 2.33. The predicted octanol–water partition coefficient (Wildman–Crippen LogP) is 5.73. The van der Waals surface area contributed by atoms with Gasteiger partial charge in [0, 0.05) is 43.6 Å². The Morgan fingerprint density at radius 3 is 2.22 bits per heavy atom. The van der Waals surface area contributed by atoms with Crippen molar-refractivity contribution in [2.75, 3.05) is 26.2 Å². The second-order valence-corrected chi connectivity index (χ2v) is 9.21. The fourth-order valence-corrected chi connectivity index (χ4v) is 4.95. The zero-order valence-corrected chi connectivity index (χ0v) is 18.7. The first-order chi connectivity index (χ1) is 15.7. The van der Waals surface area contributed by atoms with Crippen molar-refractivity contribution in [3.63, 3.8) is 0 Å². The number of hydrogen-bond donors (Lipinski definition) is 0. The van der Waals surface area contributed by atoms with E-state index in [4.69, 9.17) is 4.74 Å². The summed E-state index contributed by atoms with van der Waals surface area (Å²) in [5.41, 5.74) is 2.11. The first-order valence-electron chi connectivity index (χ1n) is 12.1. The molecule has 0 N–H and O–H groups in total. The summed E-state index contributed by atoms with van der Waals surface area (Å²) < 4.78 is 6.19. The van der Waals surface area contributed by atoms with Gasteiger partial charge in [0.25, 0.3) is 5.91 Å². The zero-order valence-electron chi connectivity index (χ0n) is 18.7. The lowest BCUT2D eigenvalue weighted by Gasteiger charge is -2.44. The van der Waals surface area contributed by atoms with Crippen LogP contribution in [0.4, 0.5) is 11.4 Å². The van der Waals surface area contributed by atoms with E-state index in [1.807, 2.05) is 53.4 Å². The summed E-state index contributed by atoms with van der Waals surface area (Å²) in [6, 6.07) is 15.9. The largest absolute Gasteiger partial charge is 0.490 e. The van der Waals surface area contributed by atoms with Gasteiger partial charge < -0.3 is 14.5 Å². The Balaban J connectivity index is 1.17. The molecule has 6 heteroatoms. The summed E-state index contributed by atoms with van der Waals surface area (Å²) >= 11 is 0. The number of amides is 1. The molecule has 2 aromatic carbocycles. The van der Waals surface area contributed by atoms with E-state index in [9.17, 15) is 4.79 Å². The Kier molecular flexibility index (Phi) is 6.49. The second kappa shape index (κ2) is 9.82. The molecule has 1 saturated carbocycles. The minimum atomic E-state index is 0.0818. The average molecular weight is 433 g/mol. The topological polar surface area (TPSA) is 57.5 Å². The van der Waals surface area contributed by atoms with Gasteiger partial charge in [0.15, 0.2) is 0 Å². The molecule has 1 amide bonds. The standard InChI is InChI=1S/C26H32N4O2/c31-26(30-14-4-5-15-30)20-8-6-9-21(16-20)27-28-22-10-7-11-24(17-22)32-25-18-23(19-25)29-12-2-1-3-13-29/h6-11,16-17,23,25H,1-5,12-15,18-19H2. The molecule has 6 nitrogen and oxygen atoms in total. The van der Waals surface area contributed by atoms with E-state index in [0.717, 1.165) is 50.2 Å². The van der Waals surface area contributed by atoms with Crippen LogP contribution in [0.3, 0.4) is 0 Å².